The molecule has 0 N–H and O–H groups in total. The number of nitrogens with zero attached hydrogens (tertiary/aromatic N) is 4. The lowest BCUT2D eigenvalue weighted by molar-refractivity contribution is -0.140. The molecule has 3 fully saturated rings. The molecule has 0 atom stereocenters. The van der Waals surface area contributed by atoms with Crippen LogP contribution in [0.4, 0.5) is 5.82 Å². The third kappa shape index (κ3) is 4.69. The van der Waals surface area contributed by atoms with Gasteiger partial charge in [-0.3, -0.25) is 9.78 Å². The second-order valence-corrected chi connectivity index (χ2v) is 7.88. The maximum Gasteiger partial charge on any atom is 0.234 e. The van der Waals surface area contributed by atoms with E-state index in [2.05, 4.69) is 14.9 Å². The summed E-state index contributed by atoms with van der Waals surface area (Å²) in [6.07, 6.45) is 10.4. The smallest absolute Gasteiger partial charge is 0.234 e. The van der Waals surface area contributed by atoms with Gasteiger partial charge in [0.15, 0.2) is 5.82 Å². The van der Waals surface area contributed by atoms with Crippen LogP contribution >= 0.6 is 0 Å². The molecule has 4 rings (SSSR count). The topological polar surface area (TPSA) is 67.8 Å². The standard InChI is InChI=1S/C20H30N4O3/c25-20(24-9-11-26-12-10-24)17-5-7-23(8-6-17)18-13-21-14-19(22-18)27-15-16-3-1-2-4-16/h13-14,16-17H,1-12,15H2. The molecule has 3 heterocycles. The van der Waals surface area contributed by atoms with Gasteiger partial charge in [0, 0.05) is 32.1 Å². The Bertz CT molecular complexity index is 621. The summed E-state index contributed by atoms with van der Waals surface area (Å²) in [6.45, 7) is 5.19. The summed E-state index contributed by atoms with van der Waals surface area (Å²) < 4.78 is 11.2. The molecule has 27 heavy (non-hydrogen) atoms. The molecule has 2 saturated heterocycles. The van der Waals surface area contributed by atoms with Crippen molar-refractivity contribution in [1.82, 2.24) is 14.9 Å². The van der Waals surface area contributed by atoms with E-state index in [4.69, 9.17) is 9.47 Å². The van der Waals surface area contributed by atoms with Crippen molar-refractivity contribution < 1.29 is 14.3 Å². The highest BCUT2D eigenvalue weighted by atomic mass is 16.5. The Morgan fingerprint density at radius 3 is 2.56 bits per heavy atom. The first-order valence-corrected chi connectivity index (χ1v) is 10.4. The van der Waals surface area contributed by atoms with Gasteiger partial charge >= 0.3 is 0 Å². The van der Waals surface area contributed by atoms with Crippen LogP contribution in [0.15, 0.2) is 12.4 Å². The lowest BCUT2D eigenvalue weighted by Crippen LogP contribution is -2.47. The highest BCUT2D eigenvalue weighted by molar-refractivity contribution is 5.79. The third-order valence-corrected chi connectivity index (χ3v) is 6.03. The van der Waals surface area contributed by atoms with Gasteiger partial charge in [-0.2, -0.15) is 4.98 Å². The molecule has 0 bridgehead atoms. The Morgan fingerprint density at radius 2 is 1.81 bits per heavy atom. The maximum absolute atomic E-state index is 12.7. The second kappa shape index (κ2) is 8.87. The van der Waals surface area contributed by atoms with E-state index in [1.165, 1.54) is 25.7 Å². The van der Waals surface area contributed by atoms with Crippen molar-refractivity contribution in [2.75, 3.05) is 50.9 Å². The molecule has 148 valence electrons. The van der Waals surface area contributed by atoms with Crippen LogP contribution in [-0.4, -0.2) is 66.8 Å². The number of carbonyl (C=O) groups excluding carboxylic acids is 1. The fraction of sp³-hybridized carbons (Fsp3) is 0.750. The Labute approximate surface area is 161 Å². The number of ether oxygens (including phenoxy) is 2. The predicted octanol–water partition coefficient (Wildman–Crippen LogP) is 2.12. The minimum Gasteiger partial charge on any atom is -0.476 e. The number of morpholine rings is 1. The van der Waals surface area contributed by atoms with E-state index >= 15 is 0 Å². The Balaban J connectivity index is 1.28. The largest absolute Gasteiger partial charge is 0.476 e. The Hall–Kier alpha value is -1.89. The van der Waals surface area contributed by atoms with Crippen molar-refractivity contribution in [1.29, 1.82) is 0 Å². The first-order valence-electron chi connectivity index (χ1n) is 10.4. The number of rotatable bonds is 5. The number of piperidine rings is 1. The van der Waals surface area contributed by atoms with E-state index < -0.39 is 0 Å². The van der Waals surface area contributed by atoms with E-state index in [9.17, 15) is 4.79 Å². The second-order valence-electron chi connectivity index (χ2n) is 7.88. The molecule has 7 heteroatoms. The zero-order valence-electron chi connectivity index (χ0n) is 16.0. The summed E-state index contributed by atoms with van der Waals surface area (Å²) in [5, 5.41) is 0. The number of hydrogen-bond acceptors (Lipinski definition) is 6. The molecular weight excluding hydrogens is 344 g/mol. The molecule has 1 amide bonds. The highest BCUT2D eigenvalue weighted by Gasteiger charge is 2.30. The number of aromatic nitrogens is 2. The fourth-order valence-corrected chi connectivity index (χ4v) is 4.34. The summed E-state index contributed by atoms with van der Waals surface area (Å²) >= 11 is 0. The molecular formula is C20H30N4O3. The first-order chi connectivity index (χ1) is 13.3. The molecule has 0 unspecified atom stereocenters. The zero-order valence-corrected chi connectivity index (χ0v) is 16.0. The van der Waals surface area contributed by atoms with Crippen molar-refractivity contribution in [3.8, 4) is 5.88 Å². The van der Waals surface area contributed by atoms with Crippen molar-refractivity contribution >= 4 is 11.7 Å². The molecule has 1 aromatic rings. The first kappa shape index (κ1) is 18.5. The molecule has 1 aromatic heterocycles. The van der Waals surface area contributed by atoms with Gasteiger partial charge in [-0.15, -0.1) is 0 Å². The van der Waals surface area contributed by atoms with Crippen LogP contribution in [0, 0.1) is 11.8 Å². The van der Waals surface area contributed by atoms with Crippen molar-refractivity contribution in [3.05, 3.63) is 12.4 Å². The van der Waals surface area contributed by atoms with Gasteiger partial charge < -0.3 is 19.3 Å². The highest BCUT2D eigenvalue weighted by Crippen LogP contribution is 2.27. The van der Waals surface area contributed by atoms with Crippen LogP contribution in [0.3, 0.4) is 0 Å². The summed E-state index contributed by atoms with van der Waals surface area (Å²) in [5.74, 6) is 2.55. The molecule has 2 aliphatic heterocycles. The lowest BCUT2D eigenvalue weighted by Gasteiger charge is -2.35. The molecule has 7 nitrogen and oxygen atoms in total. The summed E-state index contributed by atoms with van der Waals surface area (Å²) in [5.41, 5.74) is 0. The van der Waals surface area contributed by atoms with Gasteiger partial charge in [-0.1, -0.05) is 12.8 Å². The van der Waals surface area contributed by atoms with Crippen molar-refractivity contribution in [2.45, 2.75) is 38.5 Å². The van der Waals surface area contributed by atoms with Gasteiger partial charge in [0.2, 0.25) is 11.8 Å². The minimum absolute atomic E-state index is 0.120. The normalized spacial score (nSPS) is 22.2. The predicted molar refractivity (Wildman–Crippen MR) is 102 cm³/mol. The minimum atomic E-state index is 0.120. The quantitative estimate of drug-likeness (QED) is 0.786. The van der Waals surface area contributed by atoms with Crippen LogP contribution in [0.2, 0.25) is 0 Å². The Kier molecular flexibility index (Phi) is 6.07. The van der Waals surface area contributed by atoms with Crippen LogP contribution in [-0.2, 0) is 9.53 Å². The van der Waals surface area contributed by atoms with E-state index in [1.54, 1.807) is 12.4 Å². The van der Waals surface area contributed by atoms with Crippen molar-refractivity contribution in [3.63, 3.8) is 0 Å². The Morgan fingerprint density at radius 1 is 1.07 bits per heavy atom. The zero-order chi connectivity index (χ0) is 18.5. The molecule has 0 spiro atoms. The number of carbonyl (C=O) groups is 1. The average molecular weight is 374 g/mol. The monoisotopic (exact) mass is 374 g/mol. The number of hydrogen-bond donors (Lipinski definition) is 0. The number of anilines is 1. The van der Waals surface area contributed by atoms with E-state index in [0.29, 0.717) is 25.0 Å². The van der Waals surface area contributed by atoms with Crippen LogP contribution in [0.1, 0.15) is 38.5 Å². The third-order valence-electron chi connectivity index (χ3n) is 6.03. The van der Waals surface area contributed by atoms with Gasteiger partial charge in [-0.25, -0.2) is 0 Å². The van der Waals surface area contributed by atoms with Gasteiger partial charge in [0.1, 0.15) is 0 Å². The number of amides is 1. The fourth-order valence-electron chi connectivity index (χ4n) is 4.34. The molecule has 1 saturated carbocycles. The molecule has 3 aliphatic rings. The van der Waals surface area contributed by atoms with E-state index in [1.807, 2.05) is 4.90 Å². The summed E-state index contributed by atoms with van der Waals surface area (Å²) in [6, 6.07) is 0. The van der Waals surface area contributed by atoms with Crippen LogP contribution in [0.5, 0.6) is 5.88 Å². The van der Waals surface area contributed by atoms with Gasteiger partial charge in [-0.05, 0) is 31.6 Å². The average Bonchev–Trinajstić information content (AvgIpc) is 3.26. The SMILES string of the molecule is O=C(C1CCN(c2cncc(OCC3CCCC3)n2)CC1)N1CCOCC1. The van der Waals surface area contributed by atoms with Crippen LogP contribution < -0.4 is 9.64 Å². The molecule has 0 radical (unpaired) electrons. The van der Waals surface area contributed by atoms with Crippen LogP contribution in [0.25, 0.3) is 0 Å². The summed E-state index contributed by atoms with van der Waals surface area (Å²) in [7, 11) is 0. The van der Waals surface area contributed by atoms with Gasteiger partial charge in [0.05, 0.1) is 32.2 Å². The maximum atomic E-state index is 12.7. The van der Waals surface area contributed by atoms with Gasteiger partial charge in [0.25, 0.3) is 0 Å². The van der Waals surface area contributed by atoms with E-state index in [-0.39, 0.29) is 11.8 Å². The van der Waals surface area contributed by atoms with Crippen molar-refractivity contribution in [2.24, 2.45) is 11.8 Å². The summed E-state index contributed by atoms with van der Waals surface area (Å²) in [4.78, 5) is 25.8. The molecule has 1 aliphatic carbocycles. The lowest BCUT2D eigenvalue weighted by atomic mass is 9.95. The molecule has 0 aromatic carbocycles. The van der Waals surface area contributed by atoms with E-state index in [0.717, 1.165) is 51.4 Å².